The van der Waals surface area contributed by atoms with Crippen LogP contribution < -0.4 is 0 Å². The summed E-state index contributed by atoms with van der Waals surface area (Å²) in [5, 5.41) is 0. The molecule has 23 heavy (non-hydrogen) atoms. The average Bonchev–Trinajstić information content (AvgIpc) is 3.10. The molecule has 1 amide bonds. The van der Waals surface area contributed by atoms with Gasteiger partial charge in [0.25, 0.3) is 5.91 Å². The van der Waals surface area contributed by atoms with Gasteiger partial charge in [0.2, 0.25) is 0 Å². The molecule has 1 saturated heterocycles. The van der Waals surface area contributed by atoms with Crippen LogP contribution >= 0.6 is 0 Å². The van der Waals surface area contributed by atoms with Gasteiger partial charge in [0.1, 0.15) is 5.69 Å². The van der Waals surface area contributed by atoms with Crippen LogP contribution in [0.3, 0.4) is 0 Å². The predicted molar refractivity (Wildman–Crippen MR) is 88.1 cm³/mol. The smallest absolute Gasteiger partial charge is 0.270 e. The fourth-order valence-corrected chi connectivity index (χ4v) is 2.90. The molecule has 0 spiro atoms. The standard InChI is InChI=1S/C18H23N3O2/c1-2-15-7-8-17(20-15)18(22)21-10-4-6-16(12-21)23-13-14-5-3-9-19-11-14/h3,5,7-9,11,16,20H,2,4,6,10,12-13H2,1H3/t16-/m0/s1. The number of aromatic amines is 1. The molecule has 0 bridgehead atoms. The normalized spacial score (nSPS) is 18.1. The summed E-state index contributed by atoms with van der Waals surface area (Å²) in [6.07, 6.45) is 6.54. The molecule has 0 aromatic carbocycles. The molecule has 0 unspecified atom stereocenters. The Morgan fingerprint density at radius 2 is 2.35 bits per heavy atom. The third-order valence-corrected chi connectivity index (χ3v) is 4.23. The minimum atomic E-state index is 0.0689. The minimum absolute atomic E-state index is 0.0689. The van der Waals surface area contributed by atoms with Gasteiger partial charge in [-0.05, 0) is 43.0 Å². The molecule has 2 aromatic heterocycles. The van der Waals surface area contributed by atoms with Crippen molar-refractivity contribution in [2.75, 3.05) is 13.1 Å². The van der Waals surface area contributed by atoms with Gasteiger partial charge in [-0.25, -0.2) is 0 Å². The Kier molecular flexibility index (Phi) is 5.08. The summed E-state index contributed by atoms with van der Waals surface area (Å²) in [5.74, 6) is 0.0689. The van der Waals surface area contributed by atoms with Crippen molar-refractivity contribution < 1.29 is 9.53 Å². The zero-order valence-corrected chi connectivity index (χ0v) is 13.5. The number of aryl methyl sites for hydroxylation is 1. The second-order valence-corrected chi connectivity index (χ2v) is 5.94. The van der Waals surface area contributed by atoms with E-state index in [9.17, 15) is 4.79 Å². The number of aromatic nitrogens is 2. The molecular weight excluding hydrogens is 290 g/mol. The van der Waals surface area contributed by atoms with Gasteiger partial charge in [0.15, 0.2) is 0 Å². The molecule has 1 aliphatic heterocycles. The first-order valence-corrected chi connectivity index (χ1v) is 8.24. The number of hydrogen-bond donors (Lipinski definition) is 1. The quantitative estimate of drug-likeness (QED) is 0.923. The first kappa shape index (κ1) is 15.7. The fraction of sp³-hybridized carbons (Fsp3) is 0.444. The molecule has 3 rings (SSSR count). The molecule has 0 aliphatic carbocycles. The number of carbonyl (C=O) groups is 1. The lowest BCUT2D eigenvalue weighted by Crippen LogP contribution is -2.43. The number of piperidine rings is 1. The molecule has 5 nitrogen and oxygen atoms in total. The lowest BCUT2D eigenvalue weighted by molar-refractivity contribution is -0.00695. The summed E-state index contributed by atoms with van der Waals surface area (Å²) >= 11 is 0. The van der Waals surface area contributed by atoms with Gasteiger partial charge in [-0.3, -0.25) is 9.78 Å². The lowest BCUT2D eigenvalue weighted by atomic mass is 10.1. The van der Waals surface area contributed by atoms with Gasteiger partial charge < -0.3 is 14.6 Å². The van der Waals surface area contributed by atoms with Gasteiger partial charge in [0.05, 0.1) is 12.7 Å². The number of H-pyrrole nitrogens is 1. The molecule has 1 fully saturated rings. The van der Waals surface area contributed by atoms with Crippen molar-refractivity contribution in [2.45, 2.75) is 38.9 Å². The number of nitrogens with one attached hydrogen (secondary N) is 1. The summed E-state index contributed by atoms with van der Waals surface area (Å²) in [6, 6.07) is 7.77. The highest BCUT2D eigenvalue weighted by atomic mass is 16.5. The molecule has 5 heteroatoms. The summed E-state index contributed by atoms with van der Waals surface area (Å²) in [5.41, 5.74) is 2.83. The Morgan fingerprint density at radius 1 is 1.43 bits per heavy atom. The number of nitrogens with zero attached hydrogens (tertiary/aromatic N) is 2. The van der Waals surface area contributed by atoms with Crippen molar-refractivity contribution in [1.82, 2.24) is 14.9 Å². The monoisotopic (exact) mass is 313 g/mol. The van der Waals surface area contributed by atoms with Crippen LogP contribution in [-0.4, -0.2) is 40.0 Å². The van der Waals surface area contributed by atoms with E-state index in [0.717, 1.165) is 37.1 Å². The topological polar surface area (TPSA) is 58.2 Å². The van der Waals surface area contributed by atoms with E-state index >= 15 is 0 Å². The first-order chi connectivity index (χ1) is 11.3. The summed E-state index contributed by atoms with van der Waals surface area (Å²) in [7, 11) is 0. The van der Waals surface area contributed by atoms with E-state index in [1.807, 2.05) is 35.4 Å². The highest BCUT2D eigenvalue weighted by Gasteiger charge is 2.25. The van der Waals surface area contributed by atoms with Crippen molar-refractivity contribution in [2.24, 2.45) is 0 Å². The number of ether oxygens (including phenoxy) is 1. The van der Waals surface area contributed by atoms with Gasteiger partial charge in [-0.1, -0.05) is 13.0 Å². The Hall–Kier alpha value is -2.14. The highest BCUT2D eigenvalue weighted by Crippen LogP contribution is 2.17. The van der Waals surface area contributed by atoms with E-state index in [1.165, 1.54) is 0 Å². The first-order valence-electron chi connectivity index (χ1n) is 8.24. The highest BCUT2D eigenvalue weighted by molar-refractivity contribution is 5.92. The zero-order chi connectivity index (χ0) is 16.1. The van der Waals surface area contributed by atoms with E-state index in [1.54, 1.807) is 6.20 Å². The maximum absolute atomic E-state index is 12.6. The Morgan fingerprint density at radius 3 is 3.09 bits per heavy atom. The maximum Gasteiger partial charge on any atom is 0.270 e. The lowest BCUT2D eigenvalue weighted by Gasteiger charge is -2.32. The number of pyridine rings is 1. The van der Waals surface area contributed by atoms with E-state index in [4.69, 9.17) is 4.74 Å². The molecular formula is C18H23N3O2. The van der Waals surface area contributed by atoms with Gasteiger partial charge in [-0.15, -0.1) is 0 Å². The van der Waals surface area contributed by atoms with E-state index in [2.05, 4.69) is 16.9 Å². The van der Waals surface area contributed by atoms with Gasteiger partial charge >= 0.3 is 0 Å². The molecule has 1 N–H and O–H groups in total. The van der Waals surface area contributed by atoms with E-state index in [0.29, 0.717) is 18.8 Å². The molecule has 1 aliphatic rings. The average molecular weight is 313 g/mol. The fourth-order valence-electron chi connectivity index (χ4n) is 2.90. The Balaban J connectivity index is 1.56. The molecule has 2 aromatic rings. The van der Waals surface area contributed by atoms with Crippen molar-refractivity contribution in [3.05, 3.63) is 53.6 Å². The van der Waals surface area contributed by atoms with Crippen LogP contribution in [0.25, 0.3) is 0 Å². The zero-order valence-electron chi connectivity index (χ0n) is 13.5. The Labute approximate surface area is 136 Å². The summed E-state index contributed by atoms with van der Waals surface area (Å²) in [4.78, 5) is 21.8. The molecule has 0 radical (unpaired) electrons. The summed E-state index contributed by atoms with van der Waals surface area (Å²) in [6.45, 7) is 4.07. The van der Waals surface area contributed by atoms with Crippen LogP contribution in [0.1, 0.15) is 41.5 Å². The maximum atomic E-state index is 12.6. The van der Waals surface area contributed by atoms with Crippen LogP contribution in [0.2, 0.25) is 0 Å². The SMILES string of the molecule is CCc1ccc(C(=O)N2CCC[C@H](OCc3cccnc3)C2)[nH]1. The number of carbonyl (C=O) groups excluding carboxylic acids is 1. The number of hydrogen-bond acceptors (Lipinski definition) is 3. The second-order valence-electron chi connectivity index (χ2n) is 5.94. The third kappa shape index (κ3) is 3.99. The van der Waals surface area contributed by atoms with E-state index in [-0.39, 0.29) is 12.0 Å². The Bertz CT molecular complexity index is 639. The molecule has 1 atom stereocenters. The minimum Gasteiger partial charge on any atom is -0.372 e. The van der Waals surface area contributed by atoms with Crippen molar-refractivity contribution >= 4 is 5.91 Å². The second kappa shape index (κ2) is 7.42. The summed E-state index contributed by atoms with van der Waals surface area (Å²) < 4.78 is 5.97. The molecule has 3 heterocycles. The predicted octanol–water partition coefficient (Wildman–Crippen LogP) is 2.79. The van der Waals surface area contributed by atoms with Crippen LogP contribution in [0.4, 0.5) is 0 Å². The number of rotatable bonds is 5. The van der Waals surface area contributed by atoms with Gasteiger partial charge in [-0.2, -0.15) is 0 Å². The van der Waals surface area contributed by atoms with Crippen LogP contribution in [0.15, 0.2) is 36.7 Å². The van der Waals surface area contributed by atoms with Crippen molar-refractivity contribution in [3.63, 3.8) is 0 Å². The van der Waals surface area contributed by atoms with E-state index < -0.39 is 0 Å². The van der Waals surface area contributed by atoms with Crippen LogP contribution in [0, 0.1) is 0 Å². The number of likely N-dealkylation sites (tertiary alicyclic amines) is 1. The molecule has 0 saturated carbocycles. The van der Waals surface area contributed by atoms with Crippen molar-refractivity contribution in [3.8, 4) is 0 Å². The van der Waals surface area contributed by atoms with Crippen LogP contribution in [0.5, 0.6) is 0 Å². The van der Waals surface area contributed by atoms with Crippen molar-refractivity contribution in [1.29, 1.82) is 0 Å². The van der Waals surface area contributed by atoms with Gasteiger partial charge in [0, 0.05) is 31.2 Å². The largest absolute Gasteiger partial charge is 0.372 e. The number of amides is 1. The molecule has 122 valence electrons. The van der Waals surface area contributed by atoms with Crippen LogP contribution in [-0.2, 0) is 17.8 Å². The third-order valence-electron chi connectivity index (χ3n) is 4.23.